The highest BCUT2D eigenvalue weighted by Gasteiger charge is 2.38. The lowest BCUT2D eigenvalue weighted by atomic mass is 10.2. The van der Waals surface area contributed by atoms with E-state index in [-0.39, 0.29) is 5.57 Å². The first kappa shape index (κ1) is 9.20. The van der Waals surface area contributed by atoms with Crippen molar-refractivity contribution in [2.45, 2.75) is 20.0 Å². The summed E-state index contributed by atoms with van der Waals surface area (Å²) in [6, 6.07) is 0. The minimum Gasteiger partial charge on any atom is -0.284 e. The van der Waals surface area contributed by atoms with E-state index in [0.29, 0.717) is 0 Å². The summed E-state index contributed by atoms with van der Waals surface area (Å²) in [6.07, 6.45) is -3.59. The summed E-state index contributed by atoms with van der Waals surface area (Å²) in [5.41, 5.74) is -0.271. The number of halogens is 3. The number of ketones is 1. The first-order valence-electron chi connectivity index (χ1n) is 2.64. The van der Waals surface area contributed by atoms with E-state index in [1.165, 1.54) is 6.92 Å². The van der Waals surface area contributed by atoms with Gasteiger partial charge in [-0.3, -0.25) is 4.79 Å². The van der Waals surface area contributed by atoms with Crippen molar-refractivity contribution >= 4 is 5.78 Å². The minimum absolute atomic E-state index is 0.271. The van der Waals surface area contributed by atoms with Crippen LogP contribution >= 0.6 is 0 Å². The van der Waals surface area contributed by atoms with Crippen LogP contribution < -0.4 is 0 Å². The molecular formula is C6H7F3O. The van der Waals surface area contributed by atoms with Crippen LogP contribution in [0.15, 0.2) is 11.6 Å². The van der Waals surface area contributed by atoms with Crippen LogP contribution in [0.3, 0.4) is 0 Å². The number of Topliss-reactive ketones (excluding diaryl/α,β-unsaturated/α-hetero) is 1. The molecule has 1 nitrogen and oxygen atoms in total. The van der Waals surface area contributed by atoms with E-state index in [0.717, 1.165) is 13.0 Å². The van der Waals surface area contributed by atoms with Gasteiger partial charge in [0, 0.05) is 0 Å². The molecule has 0 N–H and O–H groups in total. The molecule has 0 fully saturated rings. The van der Waals surface area contributed by atoms with Gasteiger partial charge in [-0.1, -0.05) is 6.08 Å². The van der Waals surface area contributed by atoms with Crippen LogP contribution in [-0.4, -0.2) is 12.0 Å². The Morgan fingerprint density at radius 3 is 1.90 bits per heavy atom. The molecule has 0 aromatic carbocycles. The summed E-state index contributed by atoms with van der Waals surface area (Å²) < 4.78 is 34.5. The van der Waals surface area contributed by atoms with Crippen LogP contribution in [0.4, 0.5) is 13.2 Å². The molecule has 0 unspecified atom stereocenters. The number of hydrogen-bond donors (Lipinski definition) is 0. The summed E-state index contributed by atoms with van der Waals surface area (Å²) in [5.74, 6) is -1.77. The zero-order valence-electron chi connectivity index (χ0n) is 5.62. The van der Waals surface area contributed by atoms with Gasteiger partial charge in [-0.15, -0.1) is 0 Å². The predicted molar refractivity (Wildman–Crippen MR) is 30.5 cm³/mol. The fourth-order valence-electron chi connectivity index (χ4n) is 0.355. The van der Waals surface area contributed by atoms with Crippen LogP contribution in [0.25, 0.3) is 0 Å². The topological polar surface area (TPSA) is 17.1 Å². The molecule has 0 bridgehead atoms. The molecular weight excluding hydrogens is 145 g/mol. The third-order valence-electron chi connectivity index (χ3n) is 1.05. The number of allylic oxidation sites excluding steroid dienone is 2. The molecule has 0 saturated carbocycles. The molecule has 10 heavy (non-hydrogen) atoms. The second kappa shape index (κ2) is 2.86. The fraction of sp³-hybridized carbons (Fsp3) is 0.500. The maximum absolute atomic E-state index is 11.5. The van der Waals surface area contributed by atoms with Gasteiger partial charge < -0.3 is 0 Å². The van der Waals surface area contributed by atoms with Gasteiger partial charge in [0.25, 0.3) is 5.78 Å². The number of alkyl halides is 3. The van der Waals surface area contributed by atoms with E-state index in [4.69, 9.17) is 0 Å². The number of hydrogen-bond acceptors (Lipinski definition) is 1. The van der Waals surface area contributed by atoms with Crippen LogP contribution in [0.2, 0.25) is 0 Å². The van der Waals surface area contributed by atoms with Crippen LogP contribution in [0, 0.1) is 0 Å². The predicted octanol–water partition coefficient (Wildman–Crippen LogP) is 2.08. The molecule has 0 radical (unpaired) electrons. The van der Waals surface area contributed by atoms with Crippen LogP contribution in [0.1, 0.15) is 13.8 Å². The molecule has 0 heterocycles. The van der Waals surface area contributed by atoms with Crippen molar-refractivity contribution in [3.8, 4) is 0 Å². The molecule has 0 aliphatic rings. The number of carbonyl (C=O) groups is 1. The molecule has 0 amide bonds. The number of rotatable bonds is 1. The highest BCUT2D eigenvalue weighted by Crippen LogP contribution is 2.19. The maximum atomic E-state index is 11.5. The number of carbonyl (C=O) groups excluding carboxylic acids is 1. The SMILES string of the molecule is CC=C(C)C(=O)C(F)(F)F. The molecule has 0 aromatic rings. The molecule has 0 saturated heterocycles. The van der Waals surface area contributed by atoms with Gasteiger partial charge in [0.05, 0.1) is 0 Å². The van der Waals surface area contributed by atoms with E-state index in [2.05, 4.69) is 0 Å². The van der Waals surface area contributed by atoms with E-state index in [9.17, 15) is 18.0 Å². The zero-order chi connectivity index (χ0) is 8.36. The van der Waals surface area contributed by atoms with Crippen molar-refractivity contribution in [3.05, 3.63) is 11.6 Å². The Hall–Kier alpha value is -0.800. The van der Waals surface area contributed by atoms with Crippen molar-refractivity contribution in [2.75, 3.05) is 0 Å². The molecule has 4 heteroatoms. The molecule has 0 aromatic heterocycles. The van der Waals surface area contributed by atoms with E-state index < -0.39 is 12.0 Å². The second-order valence-corrected chi connectivity index (χ2v) is 1.80. The average molecular weight is 152 g/mol. The first-order chi connectivity index (χ1) is 4.39. The highest BCUT2D eigenvalue weighted by molar-refractivity contribution is 5.98. The van der Waals surface area contributed by atoms with Crippen molar-refractivity contribution < 1.29 is 18.0 Å². The molecule has 0 rings (SSSR count). The first-order valence-corrected chi connectivity index (χ1v) is 2.64. The van der Waals surface area contributed by atoms with Gasteiger partial charge in [-0.2, -0.15) is 13.2 Å². The monoisotopic (exact) mass is 152 g/mol. The Kier molecular flexibility index (Phi) is 2.63. The minimum atomic E-state index is -4.73. The van der Waals surface area contributed by atoms with Gasteiger partial charge in [-0.25, -0.2) is 0 Å². The molecule has 0 spiro atoms. The summed E-state index contributed by atoms with van der Waals surface area (Å²) >= 11 is 0. The Bertz CT molecular complexity index is 166. The molecule has 0 aliphatic carbocycles. The molecule has 0 atom stereocenters. The normalized spacial score (nSPS) is 13.5. The van der Waals surface area contributed by atoms with Gasteiger partial charge in [0.15, 0.2) is 0 Å². The average Bonchev–Trinajstić information content (AvgIpc) is 1.83. The smallest absolute Gasteiger partial charge is 0.284 e. The molecule has 0 aliphatic heterocycles. The van der Waals surface area contributed by atoms with E-state index in [1.54, 1.807) is 0 Å². The summed E-state index contributed by atoms with van der Waals surface area (Å²) in [5, 5.41) is 0. The lowest BCUT2D eigenvalue weighted by Crippen LogP contribution is -2.23. The van der Waals surface area contributed by atoms with Gasteiger partial charge in [0.1, 0.15) is 0 Å². The van der Waals surface area contributed by atoms with Crippen molar-refractivity contribution in [2.24, 2.45) is 0 Å². The van der Waals surface area contributed by atoms with Crippen molar-refractivity contribution in [1.82, 2.24) is 0 Å². The third kappa shape index (κ3) is 2.21. The highest BCUT2D eigenvalue weighted by atomic mass is 19.4. The second-order valence-electron chi connectivity index (χ2n) is 1.80. The summed E-state index contributed by atoms with van der Waals surface area (Å²) in [4.78, 5) is 10.2. The zero-order valence-corrected chi connectivity index (χ0v) is 5.62. The quantitative estimate of drug-likeness (QED) is 0.526. The Labute approximate surface area is 56.5 Å². The summed E-state index contributed by atoms with van der Waals surface area (Å²) in [7, 11) is 0. The van der Waals surface area contributed by atoms with Crippen molar-refractivity contribution in [1.29, 1.82) is 0 Å². The van der Waals surface area contributed by atoms with E-state index in [1.807, 2.05) is 0 Å². The van der Waals surface area contributed by atoms with Crippen LogP contribution in [0.5, 0.6) is 0 Å². The van der Waals surface area contributed by atoms with Gasteiger partial charge >= 0.3 is 6.18 Å². The van der Waals surface area contributed by atoms with Gasteiger partial charge in [-0.05, 0) is 19.4 Å². The lowest BCUT2D eigenvalue weighted by Gasteiger charge is -2.02. The lowest BCUT2D eigenvalue weighted by molar-refractivity contribution is -0.166. The molecule has 58 valence electrons. The summed E-state index contributed by atoms with van der Waals surface area (Å²) in [6.45, 7) is 2.52. The standard InChI is InChI=1S/C6H7F3O/c1-3-4(2)5(10)6(7,8)9/h3H,1-2H3. The largest absolute Gasteiger partial charge is 0.454 e. The Morgan fingerprint density at radius 2 is 1.80 bits per heavy atom. The maximum Gasteiger partial charge on any atom is 0.454 e. The Balaban J connectivity index is 4.39. The van der Waals surface area contributed by atoms with Crippen LogP contribution in [-0.2, 0) is 4.79 Å². The Morgan fingerprint density at radius 1 is 1.40 bits per heavy atom. The third-order valence-corrected chi connectivity index (χ3v) is 1.05. The van der Waals surface area contributed by atoms with E-state index >= 15 is 0 Å². The fourth-order valence-corrected chi connectivity index (χ4v) is 0.355. The van der Waals surface area contributed by atoms with Crippen molar-refractivity contribution in [3.63, 3.8) is 0 Å². The van der Waals surface area contributed by atoms with Gasteiger partial charge in [0.2, 0.25) is 0 Å².